The van der Waals surface area contributed by atoms with Gasteiger partial charge in [-0.2, -0.15) is 8.78 Å². The van der Waals surface area contributed by atoms with Gasteiger partial charge in [-0.25, -0.2) is 19.9 Å². The lowest BCUT2D eigenvalue weighted by atomic mass is 9.93. The molecule has 2 saturated heterocycles. The largest absolute Gasteiger partial charge is 0.385 e. The van der Waals surface area contributed by atoms with Crippen molar-refractivity contribution in [1.82, 2.24) is 38.9 Å². The van der Waals surface area contributed by atoms with Gasteiger partial charge in [-0.15, -0.1) is 0 Å². The molecule has 4 aromatic carbocycles. The van der Waals surface area contributed by atoms with Crippen LogP contribution in [-0.4, -0.2) is 110 Å². The number of nitrogens with two attached hydrogens (primary N) is 1. The maximum absolute atomic E-state index is 14.0. The van der Waals surface area contributed by atoms with Crippen molar-refractivity contribution in [2.24, 2.45) is 11.7 Å². The lowest BCUT2D eigenvalue weighted by Gasteiger charge is -2.33. The second-order valence-electron chi connectivity index (χ2n) is 21.0. The molecule has 0 spiro atoms. The standard InChI is InChI=1S/C32H37FN4O2.C31H36FN5O2/c1-23(20-24-12-14-25(15-13-24)27-9-5-16-34-31(27)33)21-30(38)36-17-6-8-26(22-36)32-35-28-10-3-4-11-29(28)37(32)18-7-19-39-2;1-39-18-6-17-37-28-10-3-2-9-27(28)35-31(37)24-7-5-16-36(21-24)29(38)20-25(33)19-22-11-13-23(14-12-22)26-8-4-15-34-30(26)32/h3-5,9-16,23,26H,6-8,17-22H2,1-2H3;2-4,8-15,24-25H,5-7,16-21,33H2,1H3/t23-,26-;24-,25-/m11/s1. The van der Waals surface area contributed by atoms with E-state index in [0.29, 0.717) is 50.3 Å². The normalized spacial score (nSPS) is 16.5. The highest BCUT2D eigenvalue weighted by atomic mass is 19.1. The summed E-state index contributed by atoms with van der Waals surface area (Å²) in [6.07, 6.45) is 10.9. The number of hydrogen-bond acceptors (Lipinski definition) is 9. The summed E-state index contributed by atoms with van der Waals surface area (Å²) in [7, 11) is 3.46. The van der Waals surface area contributed by atoms with Crippen molar-refractivity contribution < 1.29 is 27.8 Å². The molecule has 2 N–H and O–H groups in total. The van der Waals surface area contributed by atoms with Crippen molar-refractivity contribution in [1.29, 1.82) is 0 Å². The van der Waals surface area contributed by atoms with Crippen LogP contribution in [0, 0.1) is 17.8 Å². The number of benzene rings is 4. The average molecular weight is 1060 g/mol. The molecule has 15 heteroatoms. The number of pyridine rings is 2. The molecule has 2 amide bonds. The number of ether oxygens (including phenoxy) is 2. The van der Waals surface area contributed by atoms with E-state index in [1.165, 1.54) is 12.4 Å². The van der Waals surface area contributed by atoms with E-state index in [1.54, 1.807) is 38.5 Å². The number of methoxy groups -OCH3 is 2. The van der Waals surface area contributed by atoms with Gasteiger partial charge in [0.25, 0.3) is 0 Å². The van der Waals surface area contributed by atoms with Crippen molar-refractivity contribution in [2.45, 2.75) is 102 Å². The highest BCUT2D eigenvalue weighted by Crippen LogP contribution is 2.33. The topological polar surface area (TPSA) is 147 Å². The first-order valence-electron chi connectivity index (χ1n) is 27.7. The summed E-state index contributed by atoms with van der Waals surface area (Å²) >= 11 is 0. The van der Waals surface area contributed by atoms with E-state index in [0.717, 1.165) is 127 Å². The Morgan fingerprint density at radius 3 is 1.51 bits per heavy atom. The number of nitrogens with zero attached hydrogens (tertiary/aromatic N) is 8. The number of piperidine rings is 2. The number of carbonyl (C=O) groups excluding carboxylic acids is 2. The molecule has 10 rings (SSSR count). The fourth-order valence-electron chi connectivity index (χ4n) is 11.3. The number of aromatic nitrogens is 6. The van der Waals surface area contributed by atoms with Crippen LogP contribution in [0.5, 0.6) is 0 Å². The molecule has 0 radical (unpaired) electrons. The van der Waals surface area contributed by atoms with E-state index in [4.69, 9.17) is 25.2 Å². The average Bonchev–Trinajstić information content (AvgIpc) is 4.03. The van der Waals surface area contributed by atoms with E-state index >= 15 is 0 Å². The van der Waals surface area contributed by atoms with E-state index < -0.39 is 11.9 Å². The zero-order chi connectivity index (χ0) is 54.4. The molecule has 13 nitrogen and oxygen atoms in total. The third kappa shape index (κ3) is 13.9. The number of amides is 2. The van der Waals surface area contributed by atoms with Crippen molar-refractivity contribution >= 4 is 33.9 Å². The summed E-state index contributed by atoms with van der Waals surface area (Å²) in [6, 6.07) is 38.7. The lowest BCUT2D eigenvalue weighted by molar-refractivity contribution is -0.133. The van der Waals surface area contributed by atoms with Gasteiger partial charge in [0.05, 0.1) is 22.1 Å². The van der Waals surface area contributed by atoms with Gasteiger partial charge in [0, 0.05) is 121 Å². The molecule has 4 aromatic heterocycles. The Morgan fingerprint density at radius 1 is 0.603 bits per heavy atom. The smallest absolute Gasteiger partial charge is 0.224 e. The highest BCUT2D eigenvalue weighted by Gasteiger charge is 2.31. The molecule has 6 heterocycles. The summed E-state index contributed by atoms with van der Waals surface area (Å²) in [4.78, 5) is 48.1. The zero-order valence-corrected chi connectivity index (χ0v) is 45.3. The third-order valence-corrected chi connectivity index (χ3v) is 15.2. The van der Waals surface area contributed by atoms with Gasteiger partial charge in [-0.3, -0.25) is 9.59 Å². The van der Waals surface area contributed by atoms with E-state index in [1.807, 2.05) is 76.5 Å². The number of imidazole rings is 2. The number of fused-ring (bicyclic) bond motifs is 2. The van der Waals surface area contributed by atoms with Crippen molar-refractivity contribution in [3.63, 3.8) is 0 Å². The van der Waals surface area contributed by atoms with Crippen molar-refractivity contribution in [2.75, 3.05) is 53.6 Å². The lowest BCUT2D eigenvalue weighted by Crippen LogP contribution is -2.42. The van der Waals surface area contributed by atoms with Gasteiger partial charge in [0.15, 0.2) is 0 Å². The number of halogens is 2. The van der Waals surface area contributed by atoms with Crippen LogP contribution in [0.1, 0.15) is 92.9 Å². The zero-order valence-electron chi connectivity index (χ0n) is 45.3. The molecular weight excluding hydrogens is 985 g/mol. The number of para-hydroxylation sites is 4. The Labute approximate surface area is 456 Å². The molecule has 8 aromatic rings. The molecule has 2 aliphatic heterocycles. The third-order valence-electron chi connectivity index (χ3n) is 15.2. The van der Waals surface area contributed by atoms with Crippen LogP contribution < -0.4 is 5.73 Å². The van der Waals surface area contributed by atoms with Gasteiger partial charge in [-0.1, -0.05) is 79.7 Å². The van der Waals surface area contributed by atoms with Crippen LogP contribution in [0.15, 0.2) is 134 Å². The first kappa shape index (κ1) is 55.6. The maximum atomic E-state index is 14.0. The Bertz CT molecular complexity index is 3020. The van der Waals surface area contributed by atoms with Gasteiger partial charge in [-0.05, 0) is 128 Å². The predicted octanol–water partition coefficient (Wildman–Crippen LogP) is 11.2. The van der Waals surface area contributed by atoms with Crippen LogP contribution in [0.2, 0.25) is 0 Å². The molecule has 0 unspecified atom stereocenters. The Kier molecular flexibility index (Phi) is 19.2. The Morgan fingerprint density at radius 2 is 1.05 bits per heavy atom. The number of aryl methyl sites for hydroxylation is 2. The van der Waals surface area contributed by atoms with Gasteiger partial charge in [0.1, 0.15) is 11.6 Å². The number of likely N-dealkylation sites (tertiary alicyclic amines) is 2. The van der Waals surface area contributed by atoms with Crippen LogP contribution in [-0.2, 0) is 45.0 Å². The molecule has 0 aliphatic carbocycles. The fourth-order valence-corrected chi connectivity index (χ4v) is 11.3. The maximum Gasteiger partial charge on any atom is 0.224 e. The first-order valence-corrected chi connectivity index (χ1v) is 27.7. The summed E-state index contributed by atoms with van der Waals surface area (Å²) < 4.78 is 43.2. The monoisotopic (exact) mass is 1060 g/mol. The minimum Gasteiger partial charge on any atom is -0.385 e. The quantitative estimate of drug-likeness (QED) is 0.0582. The molecule has 0 bridgehead atoms. The van der Waals surface area contributed by atoms with Crippen LogP contribution in [0.25, 0.3) is 44.3 Å². The molecule has 0 saturated carbocycles. The van der Waals surface area contributed by atoms with E-state index in [-0.39, 0.29) is 42.0 Å². The molecule has 2 fully saturated rings. The van der Waals surface area contributed by atoms with Crippen LogP contribution in [0.3, 0.4) is 0 Å². The Hall–Kier alpha value is -7.20. The van der Waals surface area contributed by atoms with E-state index in [9.17, 15) is 18.4 Å². The number of rotatable bonds is 20. The fraction of sp³-hybridized carbons (Fsp3) is 0.397. The Balaban J connectivity index is 0.000000190. The minimum atomic E-state index is -0.488. The highest BCUT2D eigenvalue weighted by molar-refractivity contribution is 5.79. The second-order valence-corrected chi connectivity index (χ2v) is 21.0. The number of hydrogen-bond donors (Lipinski definition) is 1. The summed E-state index contributed by atoms with van der Waals surface area (Å²) in [6.45, 7) is 8.15. The van der Waals surface area contributed by atoms with Crippen LogP contribution >= 0.6 is 0 Å². The van der Waals surface area contributed by atoms with E-state index in [2.05, 4.69) is 56.4 Å². The summed E-state index contributed by atoms with van der Waals surface area (Å²) in [5.74, 6) is 2.11. The predicted molar refractivity (Wildman–Crippen MR) is 303 cm³/mol. The van der Waals surface area contributed by atoms with Crippen LogP contribution in [0.4, 0.5) is 8.78 Å². The molecule has 78 heavy (non-hydrogen) atoms. The van der Waals surface area contributed by atoms with Crippen molar-refractivity contribution in [3.8, 4) is 22.3 Å². The second kappa shape index (κ2) is 26.9. The minimum absolute atomic E-state index is 0.0864. The van der Waals surface area contributed by atoms with Crippen molar-refractivity contribution in [3.05, 3.63) is 168 Å². The first-order chi connectivity index (χ1) is 38.1. The van der Waals surface area contributed by atoms with Gasteiger partial charge >= 0.3 is 0 Å². The molecule has 408 valence electrons. The number of carbonyl (C=O) groups is 2. The van der Waals surface area contributed by atoms with Gasteiger partial charge < -0.3 is 34.1 Å². The van der Waals surface area contributed by atoms with Gasteiger partial charge in [0.2, 0.25) is 23.7 Å². The summed E-state index contributed by atoms with van der Waals surface area (Å²) in [5, 5.41) is 0. The molecular formula is C63H73F2N9O4. The summed E-state index contributed by atoms with van der Waals surface area (Å²) in [5.41, 5.74) is 15.4. The molecule has 4 atom stereocenters. The molecule has 2 aliphatic rings. The SMILES string of the molecule is COCCCn1c([C@@H]2CCCN(C(=O)C[C@H](C)Cc3ccc(-c4cccnc4F)cc3)C2)nc2ccccc21.COCCCn1c([C@@H]2CCCN(C(=O)C[C@H](N)Cc3ccc(-c4cccnc4F)cc3)C2)nc2ccccc21.